The first-order valence-electron chi connectivity index (χ1n) is 16.7. The van der Waals surface area contributed by atoms with Crippen molar-refractivity contribution >= 4 is 28.6 Å². The van der Waals surface area contributed by atoms with Crippen LogP contribution in [-0.2, 0) is 25.5 Å². The van der Waals surface area contributed by atoms with Crippen LogP contribution in [0.5, 0.6) is 0 Å². The summed E-state index contributed by atoms with van der Waals surface area (Å²) in [6.45, 7) is 1.01. The smallest absolute Gasteiger partial charge is 0.374 e. The van der Waals surface area contributed by atoms with E-state index in [-0.39, 0.29) is 41.6 Å². The second-order valence-corrected chi connectivity index (χ2v) is 13.2. The van der Waals surface area contributed by atoms with Crippen LogP contribution in [0.25, 0.3) is 11.0 Å². The van der Waals surface area contributed by atoms with Gasteiger partial charge in [0.05, 0.1) is 12.6 Å². The van der Waals surface area contributed by atoms with Gasteiger partial charge in [-0.2, -0.15) is 0 Å². The van der Waals surface area contributed by atoms with Gasteiger partial charge in [-0.25, -0.2) is 9.18 Å². The molecule has 2 aromatic rings. The van der Waals surface area contributed by atoms with Crippen molar-refractivity contribution in [1.29, 1.82) is 0 Å². The molecular formula is C35H49FN2O6. The van der Waals surface area contributed by atoms with E-state index in [0.717, 1.165) is 49.5 Å². The number of hydrogen-bond acceptors (Lipinski definition) is 7. The molecule has 2 aliphatic carbocycles. The first-order chi connectivity index (χ1) is 21.4. The highest BCUT2D eigenvalue weighted by Crippen LogP contribution is 2.41. The van der Waals surface area contributed by atoms with Crippen LogP contribution in [0, 0.1) is 23.7 Å². The van der Waals surface area contributed by atoms with Gasteiger partial charge >= 0.3 is 5.97 Å². The van der Waals surface area contributed by atoms with E-state index >= 15 is 0 Å². The van der Waals surface area contributed by atoms with Crippen molar-refractivity contribution in [2.24, 2.45) is 29.4 Å². The number of nitrogens with two attached hydrogens (primary N) is 1. The summed E-state index contributed by atoms with van der Waals surface area (Å²) in [7, 11) is 1.64. The van der Waals surface area contributed by atoms with Gasteiger partial charge in [-0.3, -0.25) is 9.59 Å². The van der Waals surface area contributed by atoms with Crippen molar-refractivity contribution in [1.82, 2.24) is 4.90 Å². The zero-order chi connectivity index (χ0) is 31.1. The second-order valence-electron chi connectivity index (χ2n) is 13.2. The molecule has 8 nitrogen and oxygen atoms in total. The second kappa shape index (κ2) is 15.5. The number of halogens is 1. The van der Waals surface area contributed by atoms with Crippen molar-refractivity contribution in [3.05, 3.63) is 35.6 Å². The minimum atomic E-state index is -0.527. The Morgan fingerprint density at radius 2 is 1.75 bits per heavy atom. The molecule has 2 N–H and O–H groups in total. The molecule has 3 fully saturated rings. The summed E-state index contributed by atoms with van der Waals surface area (Å²) < 4.78 is 29.3. The van der Waals surface area contributed by atoms with Crippen LogP contribution in [0.1, 0.15) is 93.2 Å². The molecule has 1 saturated heterocycles. The quantitative estimate of drug-likeness (QED) is 0.217. The average molecular weight is 613 g/mol. The number of amides is 1. The highest BCUT2D eigenvalue weighted by Gasteiger charge is 2.46. The number of furan rings is 1. The van der Waals surface area contributed by atoms with E-state index in [1.165, 1.54) is 19.3 Å². The van der Waals surface area contributed by atoms with Crippen LogP contribution in [-0.4, -0.2) is 68.2 Å². The fourth-order valence-electron chi connectivity index (χ4n) is 7.88. The SMILES string of the molecule is COCCCCOC(=O)c1cc2cc(CC(=O)[C@@H]3[C@H](C4CCCCC4)CCN3C(=O)C3CCC([C@H](N)CF)CC3)ccc2o1. The van der Waals surface area contributed by atoms with E-state index in [4.69, 9.17) is 19.6 Å². The van der Waals surface area contributed by atoms with Gasteiger partial charge < -0.3 is 24.5 Å². The predicted molar refractivity (Wildman–Crippen MR) is 166 cm³/mol. The molecule has 3 aliphatic rings. The van der Waals surface area contributed by atoms with Crippen LogP contribution in [0.15, 0.2) is 28.7 Å². The largest absolute Gasteiger partial charge is 0.460 e. The van der Waals surface area contributed by atoms with E-state index in [1.54, 1.807) is 19.2 Å². The summed E-state index contributed by atoms with van der Waals surface area (Å²) >= 11 is 0. The van der Waals surface area contributed by atoms with Gasteiger partial charge in [-0.15, -0.1) is 0 Å². The summed E-state index contributed by atoms with van der Waals surface area (Å²) in [4.78, 5) is 42.5. The van der Waals surface area contributed by atoms with Crippen molar-refractivity contribution in [2.45, 2.75) is 95.6 Å². The third-order valence-electron chi connectivity index (χ3n) is 10.4. The standard InChI is InChI=1S/C35H49FN2O6/c1-42-17-5-6-18-43-35(41)32-21-27-19-23(9-14-31(27)44-32)20-30(39)33-28(24-7-3-2-4-8-24)15-16-38(33)34(40)26-12-10-25(11-13-26)29(37)22-36/h9,14,19,21,24-26,28-29,33H,2-8,10-13,15-18,20,22,37H2,1H3/t25?,26?,28-,29+,33-/m0/s1. The third-order valence-corrected chi connectivity index (χ3v) is 10.4. The van der Waals surface area contributed by atoms with Gasteiger partial charge in [-0.05, 0) is 86.5 Å². The van der Waals surface area contributed by atoms with Crippen LogP contribution in [0.4, 0.5) is 4.39 Å². The number of carbonyl (C=O) groups excluding carboxylic acids is 3. The Bertz CT molecular complexity index is 1270. The lowest BCUT2D eigenvalue weighted by Gasteiger charge is -2.37. The van der Waals surface area contributed by atoms with Crippen molar-refractivity contribution in [3.63, 3.8) is 0 Å². The number of ether oxygens (including phenoxy) is 2. The molecule has 0 bridgehead atoms. The maximum atomic E-state index is 14.1. The number of nitrogens with zero attached hydrogens (tertiary/aromatic N) is 1. The van der Waals surface area contributed by atoms with Gasteiger partial charge in [0, 0.05) is 44.0 Å². The van der Waals surface area contributed by atoms with E-state index < -0.39 is 24.7 Å². The van der Waals surface area contributed by atoms with E-state index in [9.17, 15) is 18.8 Å². The van der Waals surface area contributed by atoms with E-state index in [2.05, 4.69) is 0 Å². The van der Waals surface area contributed by atoms with Crippen molar-refractivity contribution < 1.29 is 32.7 Å². The number of unbranched alkanes of at least 4 members (excludes halogenated alkanes) is 1. The number of hydrogen-bond donors (Lipinski definition) is 1. The number of likely N-dealkylation sites (tertiary alicyclic amines) is 1. The van der Waals surface area contributed by atoms with Gasteiger partial charge in [0.25, 0.3) is 0 Å². The van der Waals surface area contributed by atoms with Gasteiger partial charge in [0.2, 0.25) is 11.7 Å². The number of benzene rings is 1. The Balaban J connectivity index is 1.27. The molecule has 242 valence electrons. The van der Waals surface area contributed by atoms with E-state index in [1.807, 2.05) is 17.0 Å². The van der Waals surface area contributed by atoms with Crippen LogP contribution in [0.2, 0.25) is 0 Å². The molecule has 0 spiro atoms. The normalized spacial score (nSPS) is 25.3. The minimum Gasteiger partial charge on any atom is -0.460 e. The predicted octanol–water partition coefficient (Wildman–Crippen LogP) is 6.03. The molecule has 1 aromatic carbocycles. The fraction of sp³-hybridized carbons (Fsp3) is 0.686. The molecule has 3 atom stereocenters. The van der Waals surface area contributed by atoms with Crippen LogP contribution in [0.3, 0.4) is 0 Å². The molecule has 2 saturated carbocycles. The van der Waals surface area contributed by atoms with Gasteiger partial charge in [0.15, 0.2) is 5.78 Å². The summed E-state index contributed by atoms with van der Waals surface area (Å²) in [5.41, 5.74) is 7.37. The fourth-order valence-corrected chi connectivity index (χ4v) is 7.88. The Morgan fingerprint density at radius 3 is 2.48 bits per heavy atom. The number of fused-ring (bicyclic) bond motifs is 1. The lowest BCUT2D eigenvalue weighted by atomic mass is 9.75. The van der Waals surface area contributed by atoms with E-state index in [0.29, 0.717) is 50.5 Å². The summed E-state index contributed by atoms with van der Waals surface area (Å²) in [6, 6.07) is 6.36. The summed E-state index contributed by atoms with van der Waals surface area (Å²) in [5, 5.41) is 0.744. The van der Waals surface area contributed by atoms with Gasteiger partial charge in [0.1, 0.15) is 12.3 Å². The zero-order valence-corrected chi connectivity index (χ0v) is 26.1. The number of rotatable bonds is 13. The number of ketones is 1. The molecule has 2 heterocycles. The first-order valence-corrected chi connectivity index (χ1v) is 16.7. The summed E-state index contributed by atoms with van der Waals surface area (Å²) in [5.74, 6) is 0.451. The lowest BCUT2D eigenvalue weighted by Crippen LogP contribution is -2.48. The number of Topliss-reactive ketones (excluding diaryl/α,β-unsaturated/α-hetero) is 1. The summed E-state index contributed by atoms with van der Waals surface area (Å²) in [6.07, 6.45) is 11.4. The Hall–Kier alpha value is -2.78. The molecular weight excluding hydrogens is 563 g/mol. The zero-order valence-electron chi connectivity index (χ0n) is 26.1. The molecule has 1 aromatic heterocycles. The monoisotopic (exact) mass is 612 g/mol. The minimum absolute atomic E-state index is 0.0816. The molecule has 5 rings (SSSR count). The molecule has 9 heteroatoms. The number of carbonyl (C=O) groups is 3. The van der Waals surface area contributed by atoms with Crippen LogP contribution < -0.4 is 5.73 Å². The lowest BCUT2D eigenvalue weighted by molar-refractivity contribution is -0.143. The molecule has 1 amide bonds. The molecule has 0 unspecified atom stereocenters. The third kappa shape index (κ3) is 7.71. The number of alkyl halides is 1. The number of esters is 1. The average Bonchev–Trinajstić information content (AvgIpc) is 3.69. The molecule has 1 aliphatic heterocycles. The molecule has 0 radical (unpaired) electrons. The topological polar surface area (TPSA) is 112 Å². The maximum Gasteiger partial charge on any atom is 0.374 e. The highest BCUT2D eigenvalue weighted by atomic mass is 19.1. The molecule has 44 heavy (non-hydrogen) atoms. The van der Waals surface area contributed by atoms with Gasteiger partial charge in [-0.1, -0.05) is 38.2 Å². The van der Waals surface area contributed by atoms with Crippen LogP contribution >= 0.6 is 0 Å². The maximum absolute atomic E-state index is 14.1. The Morgan fingerprint density at radius 1 is 1.00 bits per heavy atom. The highest BCUT2D eigenvalue weighted by molar-refractivity contribution is 5.94. The number of methoxy groups -OCH3 is 1. The van der Waals surface area contributed by atoms with Crippen molar-refractivity contribution in [2.75, 3.05) is 33.5 Å². The van der Waals surface area contributed by atoms with Crippen molar-refractivity contribution in [3.8, 4) is 0 Å². The Kier molecular flexibility index (Phi) is 11.5. The first kappa shape index (κ1) is 32.6. The Labute approximate surface area is 260 Å².